The smallest absolute Gasteiger partial charge is 0.197 e. The zero-order valence-corrected chi connectivity index (χ0v) is 19.2. The molecule has 30 heavy (non-hydrogen) atoms. The van der Waals surface area contributed by atoms with Crippen molar-refractivity contribution in [3.05, 3.63) is 54.1 Å². The van der Waals surface area contributed by atoms with Crippen molar-refractivity contribution in [3.63, 3.8) is 0 Å². The van der Waals surface area contributed by atoms with E-state index in [4.69, 9.17) is 9.47 Å². The van der Waals surface area contributed by atoms with Gasteiger partial charge in [0.1, 0.15) is 6.10 Å². The Morgan fingerprint density at radius 1 is 0.967 bits per heavy atom. The second-order valence-corrected chi connectivity index (χ2v) is 8.30. The normalized spacial score (nSPS) is 19.5. The first-order chi connectivity index (χ1) is 14.6. The topological polar surface area (TPSA) is 35.5 Å². The van der Waals surface area contributed by atoms with Crippen LogP contribution in [0, 0.1) is 0 Å². The third kappa shape index (κ3) is 7.52. The highest BCUT2D eigenvalue weighted by Crippen LogP contribution is 2.32. The van der Waals surface area contributed by atoms with Crippen LogP contribution in [0.5, 0.6) is 0 Å². The fraction of sp³-hybridized carbons (Fsp3) is 0.593. The van der Waals surface area contributed by atoms with Crippen LogP contribution in [0.15, 0.2) is 48.6 Å². The van der Waals surface area contributed by atoms with Gasteiger partial charge in [0.2, 0.25) is 0 Å². The van der Waals surface area contributed by atoms with Crippen molar-refractivity contribution in [1.29, 1.82) is 0 Å². The van der Waals surface area contributed by atoms with E-state index in [1.807, 2.05) is 37.3 Å². The van der Waals surface area contributed by atoms with E-state index in [1.165, 1.54) is 24.8 Å². The summed E-state index contributed by atoms with van der Waals surface area (Å²) in [5.74, 6) is 0.0344. The molecule has 3 heteroatoms. The molecule has 0 saturated heterocycles. The van der Waals surface area contributed by atoms with Gasteiger partial charge in [-0.1, -0.05) is 94.9 Å². The van der Waals surface area contributed by atoms with Gasteiger partial charge in [0.15, 0.2) is 11.4 Å². The zero-order valence-electron chi connectivity index (χ0n) is 19.2. The zero-order chi connectivity index (χ0) is 21.7. The lowest BCUT2D eigenvalue weighted by Gasteiger charge is -2.33. The number of ketones is 1. The molecule has 0 heterocycles. The predicted octanol–water partition coefficient (Wildman–Crippen LogP) is 6.92. The van der Waals surface area contributed by atoms with Crippen LogP contribution in [0.25, 0.3) is 5.57 Å². The number of hydrogen-bond donors (Lipinski definition) is 0. The number of hydrogen-bond acceptors (Lipinski definition) is 3. The largest absolute Gasteiger partial charge is 0.371 e. The minimum atomic E-state index is -0.910. The number of unbranched alkanes of at least 4 members (excludes halogenated alkanes) is 6. The van der Waals surface area contributed by atoms with Gasteiger partial charge in [0.25, 0.3) is 0 Å². The molecule has 0 spiro atoms. The van der Waals surface area contributed by atoms with Crippen LogP contribution < -0.4 is 0 Å². The van der Waals surface area contributed by atoms with Gasteiger partial charge in [-0.15, -0.1) is 0 Å². The van der Waals surface area contributed by atoms with E-state index in [2.05, 4.69) is 32.1 Å². The van der Waals surface area contributed by atoms with Gasteiger partial charge in [0, 0.05) is 19.6 Å². The molecule has 1 aromatic rings. The van der Waals surface area contributed by atoms with Crippen LogP contribution in [0.1, 0.15) is 84.1 Å². The molecular weight excluding hydrogens is 372 g/mol. The molecule has 0 bridgehead atoms. The summed E-state index contributed by atoms with van der Waals surface area (Å²) in [6.45, 7) is 7.49. The van der Waals surface area contributed by atoms with Crippen LogP contribution in [-0.4, -0.2) is 30.7 Å². The Morgan fingerprint density at radius 2 is 1.63 bits per heavy atom. The van der Waals surface area contributed by atoms with Crippen LogP contribution in [0.3, 0.4) is 0 Å². The van der Waals surface area contributed by atoms with Crippen molar-refractivity contribution in [1.82, 2.24) is 0 Å². The molecule has 0 aliphatic heterocycles. The van der Waals surface area contributed by atoms with E-state index in [-0.39, 0.29) is 5.78 Å². The molecule has 1 aliphatic carbocycles. The average molecular weight is 413 g/mol. The molecule has 2 unspecified atom stereocenters. The summed E-state index contributed by atoms with van der Waals surface area (Å²) >= 11 is 0. The standard InChI is InChI=1S/C27H40O3/c1-4-6-8-9-14-22-30-27(26(28)23(3)29-21-13-7-5-2)19-17-25(18-20-27)24-15-11-10-12-16-24/h10-12,15-19,23H,4-9,13-14,20-22H2,1-3H3. The Morgan fingerprint density at radius 3 is 2.30 bits per heavy atom. The third-order valence-corrected chi connectivity index (χ3v) is 5.77. The fourth-order valence-electron chi connectivity index (χ4n) is 3.82. The van der Waals surface area contributed by atoms with Gasteiger partial charge in [-0.05, 0) is 37.0 Å². The lowest BCUT2D eigenvalue weighted by molar-refractivity contribution is -0.149. The van der Waals surface area contributed by atoms with E-state index >= 15 is 0 Å². The van der Waals surface area contributed by atoms with Gasteiger partial charge < -0.3 is 9.47 Å². The van der Waals surface area contributed by atoms with Crippen LogP contribution in [0.4, 0.5) is 0 Å². The van der Waals surface area contributed by atoms with E-state index in [0.717, 1.165) is 37.7 Å². The SMILES string of the molecule is CCCCCCCOC1(C(=O)C(C)OCCCCC)C=CC(c2ccccc2)=CC1. The molecule has 0 aromatic heterocycles. The number of carbonyl (C=O) groups excluding carboxylic acids is 1. The fourth-order valence-corrected chi connectivity index (χ4v) is 3.82. The number of benzene rings is 1. The number of allylic oxidation sites excluding steroid dienone is 2. The van der Waals surface area contributed by atoms with Crippen molar-refractivity contribution in [2.75, 3.05) is 13.2 Å². The van der Waals surface area contributed by atoms with Gasteiger partial charge in [-0.25, -0.2) is 0 Å². The van der Waals surface area contributed by atoms with Crippen LogP contribution >= 0.6 is 0 Å². The first kappa shape index (κ1) is 24.6. The first-order valence-electron chi connectivity index (χ1n) is 11.9. The summed E-state index contributed by atoms with van der Waals surface area (Å²) in [4.78, 5) is 13.4. The maximum atomic E-state index is 13.4. The molecule has 1 aliphatic rings. The van der Waals surface area contributed by atoms with Gasteiger partial charge >= 0.3 is 0 Å². The summed E-state index contributed by atoms with van der Waals surface area (Å²) in [6, 6.07) is 10.3. The van der Waals surface area contributed by atoms with E-state index in [9.17, 15) is 4.79 Å². The van der Waals surface area contributed by atoms with Crippen molar-refractivity contribution in [3.8, 4) is 0 Å². The molecule has 2 atom stereocenters. The third-order valence-electron chi connectivity index (χ3n) is 5.77. The Hall–Kier alpha value is -1.71. The molecule has 0 fully saturated rings. The highest BCUT2D eigenvalue weighted by molar-refractivity contribution is 5.95. The Labute approximate surface area is 183 Å². The van der Waals surface area contributed by atoms with Gasteiger partial charge in [-0.2, -0.15) is 0 Å². The van der Waals surface area contributed by atoms with E-state index in [1.54, 1.807) is 0 Å². The summed E-state index contributed by atoms with van der Waals surface area (Å²) < 4.78 is 12.2. The second-order valence-electron chi connectivity index (χ2n) is 8.30. The molecular formula is C27H40O3. The Kier molecular flexibility index (Phi) is 11.1. The van der Waals surface area contributed by atoms with Crippen LogP contribution in [-0.2, 0) is 14.3 Å². The summed E-state index contributed by atoms with van der Waals surface area (Å²) in [7, 11) is 0. The number of carbonyl (C=O) groups is 1. The van der Waals surface area contributed by atoms with Gasteiger partial charge in [-0.3, -0.25) is 4.79 Å². The molecule has 0 radical (unpaired) electrons. The number of Topliss-reactive ketones (excluding diaryl/α,β-unsaturated/α-hetero) is 1. The van der Waals surface area contributed by atoms with Crippen molar-refractivity contribution in [2.24, 2.45) is 0 Å². The highest BCUT2D eigenvalue weighted by atomic mass is 16.5. The Balaban J connectivity index is 2.03. The minimum absolute atomic E-state index is 0.0344. The average Bonchev–Trinajstić information content (AvgIpc) is 2.79. The monoisotopic (exact) mass is 412 g/mol. The second kappa shape index (κ2) is 13.6. The maximum Gasteiger partial charge on any atom is 0.197 e. The summed E-state index contributed by atoms with van der Waals surface area (Å²) in [6.07, 6.45) is 15.4. The summed E-state index contributed by atoms with van der Waals surface area (Å²) in [5.41, 5.74) is 1.40. The summed E-state index contributed by atoms with van der Waals surface area (Å²) in [5, 5.41) is 0. The number of ether oxygens (including phenoxy) is 2. The minimum Gasteiger partial charge on any atom is -0.371 e. The molecule has 1 aromatic carbocycles. The lowest BCUT2D eigenvalue weighted by atomic mass is 9.84. The molecule has 0 amide bonds. The molecule has 166 valence electrons. The molecule has 0 N–H and O–H groups in total. The predicted molar refractivity (Wildman–Crippen MR) is 126 cm³/mol. The van der Waals surface area contributed by atoms with E-state index < -0.39 is 11.7 Å². The maximum absolute atomic E-state index is 13.4. The van der Waals surface area contributed by atoms with Gasteiger partial charge in [0.05, 0.1) is 0 Å². The quantitative estimate of drug-likeness (QED) is 0.293. The molecule has 2 rings (SSSR count). The lowest BCUT2D eigenvalue weighted by Crippen LogP contribution is -2.46. The number of rotatable bonds is 15. The molecule has 0 saturated carbocycles. The van der Waals surface area contributed by atoms with Crippen molar-refractivity contribution < 1.29 is 14.3 Å². The Bertz CT molecular complexity index is 677. The first-order valence-corrected chi connectivity index (χ1v) is 11.9. The molecule has 3 nitrogen and oxygen atoms in total. The highest BCUT2D eigenvalue weighted by Gasteiger charge is 2.40. The van der Waals surface area contributed by atoms with Crippen LogP contribution in [0.2, 0.25) is 0 Å². The van der Waals surface area contributed by atoms with Crippen molar-refractivity contribution >= 4 is 11.4 Å². The van der Waals surface area contributed by atoms with Crippen molar-refractivity contribution in [2.45, 2.75) is 90.3 Å². The van der Waals surface area contributed by atoms with E-state index in [0.29, 0.717) is 19.6 Å².